The Morgan fingerprint density at radius 3 is 2.93 bits per heavy atom. The lowest BCUT2D eigenvalue weighted by Gasteiger charge is -2.14. The first-order chi connectivity index (χ1) is 7.29. The standard InChI is InChI=1S/C10H18N4S/c1-3-9-12-10(15-13-9)14(2)7-6-11-8-4-5-8/h8,11H,3-7H2,1-2H3. The molecule has 4 nitrogen and oxygen atoms in total. The number of hydrogen-bond acceptors (Lipinski definition) is 5. The number of anilines is 1. The van der Waals surface area contributed by atoms with Gasteiger partial charge in [-0.1, -0.05) is 6.92 Å². The van der Waals surface area contributed by atoms with Crippen molar-refractivity contribution in [2.75, 3.05) is 25.0 Å². The van der Waals surface area contributed by atoms with Gasteiger partial charge in [-0.3, -0.25) is 0 Å². The third-order valence-electron chi connectivity index (χ3n) is 2.56. The Morgan fingerprint density at radius 1 is 1.53 bits per heavy atom. The summed E-state index contributed by atoms with van der Waals surface area (Å²) in [6.07, 6.45) is 3.62. The predicted octanol–water partition coefficient (Wildman–Crippen LogP) is 1.29. The second kappa shape index (κ2) is 4.90. The van der Waals surface area contributed by atoms with Crippen LogP contribution in [0.3, 0.4) is 0 Å². The quantitative estimate of drug-likeness (QED) is 0.793. The maximum absolute atomic E-state index is 4.45. The normalized spacial score (nSPS) is 15.6. The van der Waals surface area contributed by atoms with Gasteiger partial charge in [0, 0.05) is 44.1 Å². The van der Waals surface area contributed by atoms with Crippen LogP contribution >= 0.6 is 11.5 Å². The van der Waals surface area contributed by atoms with Gasteiger partial charge in [0.25, 0.3) is 0 Å². The fourth-order valence-electron chi connectivity index (χ4n) is 1.36. The third kappa shape index (κ3) is 3.14. The van der Waals surface area contributed by atoms with E-state index in [0.29, 0.717) is 0 Å². The second-order valence-corrected chi connectivity index (χ2v) is 4.73. The van der Waals surface area contributed by atoms with Crippen LogP contribution < -0.4 is 10.2 Å². The molecule has 1 N–H and O–H groups in total. The highest BCUT2D eigenvalue weighted by molar-refractivity contribution is 7.09. The Labute approximate surface area is 94.9 Å². The molecule has 0 aromatic carbocycles. The molecule has 15 heavy (non-hydrogen) atoms. The van der Waals surface area contributed by atoms with E-state index in [2.05, 4.69) is 33.5 Å². The zero-order valence-corrected chi connectivity index (χ0v) is 10.2. The van der Waals surface area contributed by atoms with E-state index in [1.165, 1.54) is 24.4 Å². The fraction of sp³-hybridized carbons (Fsp3) is 0.800. The topological polar surface area (TPSA) is 41.1 Å². The van der Waals surface area contributed by atoms with Crippen molar-refractivity contribution >= 4 is 16.7 Å². The molecule has 1 saturated carbocycles. The Balaban J connectivity index is 1.75. The first kappa shape index (κ1) is 10.8. The summed E-state index contributed by atoms with van der Waals surface area (Å²) < 4.78 is 4.28. The van der Waals surface area contributed by atoms with Crippen molar-refractivity contribution in [1.82, 2.24) is 14.7 Å². The van der Waals surface area contributed by atoms with E-state index in [1.807, 2.05) is 0 Å². The number of aromatic nitrogens is 2. The summed E-state index contributed by atoms with van der Waals surface area (Å²) in [6, 6.07) is 0.791. The maximum Gasteiger partial charge on any atom is 0.204 e. The van der Waals surface area contributed by atoms with Gasteiger partial charge in [0.1, 0.15) is 5.82 Å². The maximum atomic E-state index is 4.45. The lowest BCUT2D eigenvalue weighted by atomic mass is 10.5. The van der Waals surface area contributed by atoms with Crippen LogP contribution in [0.15, 0.2) is 0 Å². The molecule has 5 heteroatoms. The molecule has 0 spiro atoms. The van der Waals surface area contributed by atoms with Crippen molar-refractivity contribution in [3.05, 3.63) is 5.82 Å². The first-order valence-electron chi connectivity index (χ1n) is 5.56. The summed E-state index contributed by atoms with van der Waals surface area (Å²) in [5.74, 6) is 0.956. The molecule has 84 valence electrons. The molecular weight excluding hydrogens is 208 g/mol. The Morgan fingerprint density at radius 2 is 2.33 bits per heavy atom. The van der Waals surface area contributed by atoms with Crippen LogP contribution in [0, 0.1) is 0 Å². The molecule has 2 rings (SSSR count). The SMILES string of the molecule is CCc1nsc(N(C)CCNC2CC2)n1. The van der Waals surface area contributed by atoms with E-state index in [0.717, 1.165) is 36.5 Å². The van der Waals surface area contributed by atoms with Crippen LogP contribution in [0.2, 0.25) is 0 Å². The zero-order chi connectivity index (χ0) is 10.7. The molecular formula is C10H18N4S. The van der Waals surface area contributed by atoms with Crippen LogP contribution in [0.4, 0.5) is 5.13 Å². The fourth-order valence-corrected chi connectivity index (χ4v) is 2.10. The minimum atomic E-state index is 0.791. The molecule has 0 saturated heterocycles. The van der Waals surface area contributed by atoms with E-state index in [1.54, 1.807) is 0 Å². The number of hydrogen-bond donors (Lipinski definition) is 1. The Bertz CT molecular complexity index is 308. The molecule has 0 bridgehead atoms. The van der Waals surface area contributed by atoms with Crippen molar-refractivity contribution in [2.24, 2.45) is 0 Å². The number of nitrogens with one attached hydrogen (secondary N) is 1. The van der Waals surface area contributed by atoms with Gasteiger partial charge in [0.2, 0.25) is 5.13 Å². The van der Waals surface area contributed by atoms with E-state index in [9.17, 15) is 0 Å². The predicted molar refractivity (Wildman–Crippen MR) is 63.6 cm³/mol. The highest BCUT2D eigenvalue weighted by atomic mass is 32.1. The number of likely N-dealkylation sites (N-methyl/N-ethyl adjacent to an activating group) is 1. The minimum Gasteiger partial charge on any atom is -0.349 e. The van der Waals surface area contributed by atoms with Gasteiger partial charge < -0.3 is 10.2 Å². The van der Waals surface area contributed by atoms with Gasteiger partial charge in [-0.25, -0.2) is 4.98 Å². The van der Waals surface area contributed by atoms with Crippen molar-refractivity contribution in [1.29, 1.82) is 0 Å². The van der Waals surface area contributed by atoms with Crippen molar-refractivity contribution < 1.29 is 0 Å². The van der Waals surface area contributed by atoms with E-state index in [4.69, 9.17) is 0 Å². The summed E-state index contributed by atoms with van der Waals surface area (Å²) in [7, 11) is 2.08. The van der Waals surface area contributed by atoms with Crippen LogP contribution in [0.25, 0.3) is 0 Å². The summed E-state index contributed by atoms with van der Waals surface area (Å²) in [5, 5.41) is 4.52. The second-order valence-electron chi connectivity index (χ2n) is 4.00. The van der Waals surface area contributed by atoms with Gasteiger partial charge in [-0.2, -0.15) is 4.37 Å². The summed E-state index contributed by atoms with van der Waals surface area (Å²) in [6.45, 7) is 4.14. The Kier molecular flexibility index (Phi) is 3.53. The zero-order valence-electron chi connectivity index (χ0n) is 9.36. The molecule has 1 fully saturated rings. The van der Waals surface area contributed by atoms with Gasteiger partial charge in [0.05, 0.1) is 0 Å². The molecule has 1 aromatic rings. The lowest BCUT2D eigenvalue weighted by molar-refractivity contribution is 0.674. The van der Waals surface area contributed by atoms with Crippen molar-refractivity contribution in [3.8, 4) is 0 Å². The minimum absolute atomic E-state index is 0.791. The van der Waals surface area contributed by atoms with E-state index >= 15 is 0 Å². The van der Waals surface area contributed by atoms with Gasteiger partial charge in [0.15, 0.2) is 0 Å². The Hall–Kier alpha value is -0.680. The molecule has 0 unspecified atom stereocenters. The van der Waals surface area contributed by atoms with Crippen LogP contribution in [-0.4, -0.2) is 35.5 Å². The average Bonchev–Trinajstić information content (AvgIpc) is 2.94. The van der Waals surface area contributed by atoms with Gasteiger partial charge >= 0.3 is 0 Å². The average molecular weight is 226 g/mol. The monoisotopic (exact) mass is 226 g/mol. The number of aryl methyl sites for hydroxylation is 1. The smallest absolute Gasteiger partial charge is 0.204 e. The molecule has 0 atom stereocenters. The molecule has 0 aliphatic heterocycles. The molecule has 0 amide bonds. The molecule has 1 aromatic heterocycles. The van der Waals surface area contributed by atoms with Crippen LogP contribution in [0.1, 0.15) is 25.6 Å². The largest absolute Gasteiger partial charge is 0.349 e. The van der Waals surface area contributed by atoms with Crippen molar-refractivity contribution in [2.45, 2.75) is 32.2 Å². The molecule has 1 aliphatic carbocycles. The van der Waals surface area contributed by atoms with Crippen LogP contribution in [-0.2, 0) is 6.42 Å². The first-order valence-corrected chi connectivity index (χ1v) is 6.34. The summed E-state index contributed by atoms with van der Waals surface area (Å²) in [4.78, 5) is 6.62. The number of rotatable bonds is 6. The lowest BCUT2D eigenvalue weighted by Crippen LogP contribution is -2.30. The van der Waals surface area contributed by atoms with Crippen LogP contribution in [0.5, 0.6) is 0 Å². The summed E-state index contributed by atoms with van der Waals surface area (Å²) in [5.41, 5.74) is 0. The molecule has 1 heterocycles. The van der Waals surface area contributed by atoms with E-state index < -0.39 is 0 Å². The van der Waals surface area contributed by atoms with Crippen molar-refractivity contribution in [3.63, 3.8) is 0 Å². The molecule has 0 radical (unpaired) electrons. The molecule has 1 aliphatic rings. The van der Waals surface area contributed by atoms with Gasteiger partial charge in [-0.05, 0) is 12.8 Å². The van der Waals surface area contributed by atoms with Gasteiger partial charge in [-0.15, -0.1) is 0 Å². The highest BCUT2D eigenvalue weighted by Crippen LogP contribution is 2.19. The summed E-state index contributed by atoms with van der Waals surface area (Å²) >= 11 is 1.49. The van der Waals surface area contributed by atoms with E-state index in [-0.39, 0.29) is 0 Å². The third-order valence-corrected chi connectivity index (χ3v) is 3.43. The number of nitrogens with zero attached hydrogens (tertiary/aromatic N) is 3. The highest BCUT2D eigenvalue weighted by Gasteiger charge is 2.20.